The minimum absolute atomic E-state index is 0.00339. The summed E-state index contributed by atoms with van der Waals surface area (Å²) in [6, 6.07) is 20.6. The van der Waals surface area contributed by atoms with Crippen LogP contribution in [0.25, 0.3) is 0 Å². The normalized spacial score (nSPS) is 12.3. The molecule has 8 nitrogen and oxygen atoms in total. The Balaban J connectivity index is 1.94. The summed E-state index contributed by atoms with van der Waals surface area (Å²) in [5.41, 5.74) is 1.45. The van der Waals surface area contributed by atoms with Gasteiger partial charge in [-0.2, -0.15) is 0 Å². The quantitative estimate of drug-likeness (QED) is 0.242. The van der Waals surface area contributed by atoms with Gasteiger partial charge in [-0.1, -0.05) is 71.7 Å². The molecule has 0 aliphatic carbocycles. The minimum atomic E-state index is -3.68. The average molecular weight is 649 g/mol. The lowest BCUT2D eigenvalue weighted by atomic mass is 10.00. The number of anilines is 1. The van der Waals surface area contributed by atoms with Crippen molar-refractivity contribution in [2.24, 2.45) is 0 Å². The molecule has 1 atom stereocenters. The summed E-state index contributed by atoms with van der Waals surface area (Å²) >= 11 is 12.4. The number of hydrogen-bond donors (Lipinski definition) is 1. The molecule has 0 aromatic heterocycles. The number of nitrogens with one attached hydrogen (secondary N) is 1. The summed E-state index contributed by atoms with van der Waals surface area (Å²) in [6.07, 6.45) is 1.61. The number of nitrogens with zero attached hydrogens (tertiary/aromatic N) is 2. The summed E-state index contributed by atoms with van der Waals surface area (Å²) in [7, 11) is -2.21. The van der Waals surface area contributed by atoms with Crippen LogP contribution in [0.5, 0.6) is 5.75 Å². The fourth-order valence-corrected chi connectivity index (χ4v) is 5.95. The summed E-state index contributed by atoms with van der Waals surface area (Å²) in [6.45, 7) is 5.80. The zero-order valence-corrected chi connectivity index (χ0v) is 27.5. The Hall–Kier alpha value is -3.27. The molecule has 0 bridgehead atoms. The van der Waals surface area contributed by atoms with Crippen molar-refractivity contribution in [3.05, 3.63) is 94.0 Å². The van der Waals surface area contributed by atoms with Crippen LogP contribution in [0.2, 0.25) is 10.0 Å². The van der Waals surface area contributed by atoms with Crippen LogP contribution in [0.15, 0.2) is 72.8 Å². The Kier molecular flexibility index (Phi) is 11.9. The number of rotatable bonds is 13. The number of methoxy groups -OCH3 is 1. The van der Waals surface area contributed by atoms with E-state index in [1.165, 1.54) is 11.4 Å². The molecule has 0 saturated heterocycles. The Bertz CT molecular complexity index is 1510. The van der Waals surface area contributed by atoms with E-state index in [9.17, 15) is 18.0 Å². The maximum absolute atomic E-state index is 14.0. The van der Waals surface area contributed by atoms with E-state index in [0.29, 0.717) is 27.0 Å². The van der Waals surface area contributed by atoms with Crippen molar-refractivity contribution >= 4 is 50.7 Å². The highest BCUT2D eigenvalue weighted by Crippen LogP contribution is 2.30. The number of hydrogen-bond acceptors (Lipinski definition) is 5. The van der Waals surface area contributed by atoms with Crippen LogP contribution >= 0.6 is 23.2 Å². The topological polar surface area (TPSA) is 96.0 Å². The molecule has 3 aromatic carbocycles. The predicted molar refractivity (Wildman–Crippen MR) is 173 cm³/mol. The van der Waals surface area contributed by atoms with Gasteiger partial charge in [0.05, 0.1) is 29.1 Å². The van der Waals surface area contributed by atoms with Crippen LogP contribution in [0.4, 0.5) is 5.69 Å². The van der Waals surface area contributed by atoms with Gasteiger partial charge in [-0.3, -0.25) is 13.9 Å². The van der Waals surface area contributed by atoms with Gasteiger partial charge in [0.2, 0.25) is 21.8 Å². The fourth-order valence-electron chi connectivity index (χ4n) is 4.66. The van der Waals surface area contributed by atoms with Gasteiger partial charge in [0, 0.05) is 31.5 Å². The molecule has 1 N–H and O–H groups in total. The van der Waals surface area contributed by atoms with Gasteiger partial charge >= 0.3 is 0 Å². The lowest BCUT2D eigenvalue weighted by Gasteiger charge is -2.34. The Labute approximate surface area is 265 Å². The largest absolute Gasteiger partial charge is 0.495 e. The number of carbonyl (C=O) groups is 2. The van der Waals surface area contributed by atoms with Crippen LogP contribution < -0.4 is 14.4 Å². The molecule has 3 rings (SSSR count). The first kappa shape index (κ1) is 34.2. The van der Waals surface area contributed by atoms with Gasteiger partial charge in [0.15, 0.2) is 0 Å². The monoisotopic (exact) mass is 647 g/mol. The van der Waals surface area contributed by atoms with Crippen LogP contribution in [-0.4, -0.2) is 56.6 Å². The van der Waals surface area contributed by atoms with Crippen molar-refractivity contribution in [2.45, 2.75) is 58.2 Å². The molecule has 1 unspecified atom stereocenters. The van der Waals surface area contributed by atoms with Gasteiger partial charge in [-0.05, 0) is 62.6 Å². The summed E-state index contributed by atoms with van der Waals surface area (Å²) in [5, 5.41) is 3.75. The van der Waals surface area contributed by atoms with E-state index >= 15 is 0 Å². The predicted octanol–water partition coefficient (Wildman–Crippen LogP) is 6.10. The molecule has 0 heterocycles. The molecule has 0 saturated carbocycles. The van der Waals surface area contributed by atoms with E-state index < -0.39 is 21.6 Å². The summed E-state index contributed by atoms with van der Waals surface area (Å²) < 4.78 is 32.1. The van der Waals surface area contributed by atoms with Crippen molar-refractivity contribution < 1.29 is 22.7 Å². The van der Waals surface area contributed by atoms with Crippen molar-refractivity contribution in [3.63, 3.8) is 0 Å². The first-order chi connectivity index (χ1) is 20.2. The number of ether oxygens (including phenoxy) is 1. The molecule has 232 valence electrons. The number of benzene rings is 3. The first-order valence-corrected chi connectivity index (χ1v) is 16.5. The molecule has 11 heteroatoms. The zero-order valence-electron chi connectivity index (χ0n) is 25.1. The minimum Gasteiger partial charge on any atom is -0.495 e. The highest BCUT2D eigenvalue weighted by molar-refractivity contribution is 7.92. The highest BCUT2D eigenvalue weighted by atomic mass is 35.5. The van der Waals surface area contributed by atoms with Crippen molar-refractivity contribution in [1.29, 1.82) is 0 Å². The SMILES string of the molecule is COc1ccccc1N(CCCC(=O)N(Cc1ccc(Cl)c(Cl)c1)C(Cc1ccccc1)C(=O)NC(C)(C)C)S(C)(=O)=O. The second-order valence-electron chi connectivity index (χ2n) is 11.3. The molecule has 0 aliphatic rings. The van der Waals surface area contributed by atoms with E-state index in [0.717, 1.165) is 11.8 Å². The molecule has 0 aliphatic heterocycles. The second-order valence-corrected chi connectivity index (χ2v) is 14.0. The smallest absolute Gasteiger partial charge is 0.243 e. The average Bonchev–Trinajstić information content (AvgIpc) is 2.93. The maximum atomic E-state index is 14.0. The molecular formula is C32H39Cl2N3O5S. The van der Waals surface area contributed by atoms with E-state index in [1.54, 1.807) is 47.4 Å². The van der Waals surface area contributed by atoms with Gasteiger partial charge in [0.1, 0.15) is 11.8 Å². The van der Waals surface area contributed by atoms with Gasteiger partial charge in [-0.25, -0.2) is 8.42 Å². The molecule has 0 fully saturated rings. The third-order valence-electron chi connectivity index (χ3n) is 6.61. The second kappa shape index (κ2) is 14.9. The highest BCUT2D eigenvalue weighted by Gasteiger charge is 2.32. The standard InChI is InChI=1S/C32H39Cl2N3O5S/c1-32(2,3)35-31(39)28(21-23-12-7-6-8-13-23)36(22-24-17-18-25(33)26(34)20-24)30(38)16-11-19-37(43(5,40)41)27-14-9-10-15-29(27)42-4/h6-10,12-15,17-18,20,28H,11,16,19,21-22H2,1-5H3,(H,35,39). The number of amides is 2. The van der Waals surface area contributed by atoms with Crippen LogP contribution in [0, 0.1) is 0 Å². The zero-order chi connectivity index (χ0) is 31.8. The number of carbonyl (C=O) groups excluding carboxylic acids is 2. The Morgan fingerprint density at radius 2 is 1.58 bits per heavy atom. The molecule has 2 amide bonds. The van der Waals surface area contributed by atoms with Crippen LogP contribution in [0.1, 0.15) is 44.7 Å². The molecular weight excluding hydrogens is 609 g/mol. The third-order valence-corrected chi connectivity index (χ3v) is 8.53. The fraction of sp³-hybridized carbons (Fsp3) is 0.375. The van der Waals surface area contributed by atoms with Crippen molar-refractivity contribution in [2.75, 3.05) is 24.2 Å². The van der Waals surface area contributed by atoms with E-state index in [4.69, 9.17) is 27.9 Å². The van der Waals surface area contributed by atoms with Gasteiger partial charge in [-0.15, -0.1) is 0 Å². The maximum Gasteiger partial charge on any atom is 0.243 e. The Morgan fingerprint density at radius 1 is 0.930 bits per heavy atom. The van der Waals surface area contributed by atoms with Crippen LogP contribution in [0.3, 0.4) is 0 Å². The number of para-hydroxylation sites is 2. The summed E-state index contributed by atoms with van der Waals surface area (Å²) in [5.74, 6) is -0.191. The molecule has 0 radical (unpaired) electrons. The first-order valence-electron chi connectivity index (χ1n) is 13.9. The number of halogens is 2. The van der Waals surface area contributed by atoms with Gasteiger partial charge in [0.25, 0.3) is 0 Å². The Morgan fingerprint density at radius 3 is 2.19 bits per heavy atom. The van der Waals surface area contributed by atoms with Crippen molar-refractivity contribution in [1.82, 2.24) is 10.2 Å². The van der Waals surface area contributed by atoms with E-state index in [-0.39, 0.29) is 44.2 Å². The summed E-state index contributed by atoms with van der Waals surface area (Å²) in [4.78, 5) is 29.3. The molecule has 43 heavy (non-hydrogen) atoms. The van der Waals surface area contributed by atoms with E-state index in [2.05, 4.69) is 5.32 Å². The third kappa shape index (κ3) is 10.2. The van der Waals surface area contributed by atoms with Gasteiger partial charge < -0.3 is 15.0 Å². The van der Waals surface area contributed by atoms with Crippen molar-refractivity contribution in [3.8, 4) is 5.75 Å². The molecule has 3 aromatic rings. The molecule has 0 spiro atoms. The number of sulfonamides is 1. The van der Waals surface area contributed by atoms with E-state index in [1.807, 2.05) is 51.1 Å². The lowest BCUT2D eigenvalue weighted by molar-refractivity contribution is -0.142. The lowest BCUT2D eigenvalue weighted by Crippen LogP contribution is -2.54. The van der Waals surface area contributed by atoms with Crippen LogP contribution in [-0.2, 0) is 32.6 Å².